The second-order valence-electron chi connectivity index (χ2n) is 5.63. The predicted molar refractivity (Wildman–Crippen MR) is 98.8 cm³/mol. The number of hydrogen-bond donors (Lipinski definition) is 0. The van der Waals surface area contributed by atoms with Gasteiger partial charge in [0, 0.05) is 33.2 Å². The lowest BCUT2D eigenvalue weighted by Crippen LogP contribution is -2.25. The third-order valence-electron chi connectivity index (χ3n) is 3.91. The Kier molecular flexibility index (Phi) is 4.16. The minimum absolute atomic E-state index is 0.0197. The maximum atomic E-state index is 12.7. The van der Waals surface area contributed by atoms with Crippen LogP contribution < -0.4 is 0 Å². The number of fused-ring (bicyclic) bond motifs is 3. The SMILES string of the molecule is CN(Cc1ccco1)C(=O)c1cc2c(s1)-c1ccc(Cl)cc1SC2. The second-order valence-corrected chi connectivity index (χ2v) is 8.14. The summed E-state index contributed by atoms with van der Waals surface area (Å²) in [5.41, 5.74) is 2.39. The van der Waals surface area contributed by atoms with Crippen LogP contribution in [-0.2, 0) is 12.3 Å². The highest BCUT2D eigenvalue weighted by molar-refractivity contribution is 7.98. The minimum Gasteiger partial charge on any atom is -0.467 e. The van der Waals surface area contributed by atoms with Crippen LogP contribution in [0, 0.1) is 0 Å². The Morgan fingerprint density at radius 1 is 1.33 bits per heavy atom. The van der Waals surface area contributed by atoms with Gasteiger partial charge in [0.15, 0.2) is 0 Å². The number of thioether (sulfide) groups is 1. The Bertz CT molecular complexity index is 902. The van der Waals surface area contributed by atoms with Crippen LogP contribution in [0.25, 0.3) is 10.4 Å². The Labute approximate surface area is 153 Å². The van der Waals surface area contributed by atoms with Crippen LogP contribution in [0.2, 0.25) is 5.02 Å². The second kappa shape index (κ2) is 6.31. The number of thiophene rings is 1. The fourth-order valence-electron chi connectivity index (χ4n) is 2.72. The van der Waals surface area contributed by atoms with E-state index in [1.165, 1.54) is 20.9 Å². The number of benzene rings is 1. The van der Waals surface area contributed by atoms with Gasteiger partial charge >= 0.3 is 0 Å². The van der Waals surface area contributed by atoms with E-state index in [1.54, 1.807) is 41.3 Å². The first-order valence-electron chi connectivity index (χ1n) is 7.45. The number of furan rings is 1. The fraction of sp³-hybridized carbons (Fsp3) is 0.167. The Balaban J connectivity index is 1.62. The van der Waals surface area contributed by atoms with E-state index in [2.05, 4.69) is 0 Å². The molecule has 6 heteroatoms. The molecule has 0 bridgehead atoms. The highest BCUT2D eigenvalue weighted by Gasteiger charge is 2.24. The van der Waals surface area contributed by atoms with E-state index in [0.29, 0.717) is 6.54 Å². The molecule has 2 aromatic heterocycles. The molecule has 1 aromatic carbocycles. The molecule has 0 saturated heterocycles. The number of carbonyl (C=O) groups excluding carboxylic acids is 1. The normalized spacial score (nSPS) is 12.6. The van der Waals surface area contributed by atoms with Gasteiger partial charge in [-0.3, -0.25) is 4.79 Å². The Morgan fingerprint density at radius 2 is 2.21 bits per heavy atom. The quantitative estimate of drug-likeness (QED) is 0.602. The zero-order valence-electron chi connectivity index (χ0n) is 12.9. The van der Waals surface area contributed by atoms with Gasteiger partial charge in [0.1, 0.15) is 5.76 Å². The summed E-state index contributed by atoms with van der Waals surface area (Å²) in [5, 5.41) is 0.746. The molecule has 122 valence electrons. The minimum atomic E-state index is 0.0197. The third-order valence-corrected chi connectivity index (χ3v) is 6.45. The number of nitrogens with zero attached hydrogens (tertiary/aromatic N) is 1. The topological polar surface area (TPSA) is 33.5 Å². The summed E-state index contributed by atoms with van der Waals surface area (Å²) in [5.74, 6) is 1.67. The van der Waals surface area contributed by atoms with Gasteiger partial charge in [-0.15, -0.1) is 23.1 Å². The van der Waals surface area contributed by atoms with E-state index in [-0.39, 0.29) is 5.91 Å². The van der Waals surface area contributed by atoms with Crippen molar-refractivity contribution in [3.8, 4) is 10.4 Å². The molecule has 0 saturated carbocycles. The van der Waals surface area contributed by atoms with Crippen molar-refractivity contribution in [2.45, 2.75) is 17.2 Å². The van der Waals surface area contributed by atoms with Crippen LogP contribution in [0.1, 0.15) is 21.0 Å². The molecule has 0 aliphatic carbocycles. The molecule has 0 atom stereocenters. The maximum Gasteiger partial charge on any atom is 0.264 e. The summed E-state index contributed by atoms with van der Waals surface area (Å²) < 4.78 is 5.32. The molecular formula is C18H14ClNO2S2. The molecular weight excluding hydrogens is 362 g/mol. The number of rotatable bonds is 3. The highest BCUT2D eigenvalue weighted by Crippen LogP contribution is 2.46. The van der Waals surface area contributed by atoms with E-state index in [9.17, 15) is 4.79 Å². The van der Waals surface area contributed by atoms with Crippen molar-refractivity contribution >= 4 is 40.6 Å². The third kappa shape index (κ3) is 2.88. The van der Waals surface area contributed by atoms with E-state index in [4.69, 9.17) is 16.0 Å². The van der Waals surface area contributed by atoms with Gasteiger partial charge in [0.2, 0.25) is 0 Å². The number of carbonyl (C=O) groups is 1. The smallest absolute Gasteiger partial charge is 0.264 e. The zero-order chi connectivity index (χ0) is 16.7. The predicted octanol–water partition coefficient (Wildman–Crippen LogP) is 5.54. The van der Waals surface area contributed by atoms with Crippen molar-refractivity contribution in [2.24, 2.45) is 0 Å². The molecule has 3 nitrogen and oxygen atoms in total. The summed E-state index contributed by atoms with van der Waals surface area (Å²) in [6.45, 7) is 0.468. The van der Waals surface area contributed by atoms with E-state index < -0.39 is 0 Å². The largest absolute Gasteiger partial charge is 0.467 e. The van der Waals surface area contributed by atoms with Crippen LogP contribution in [-0.4, -0.2) is 17.9 Å². The Hall–Kier alpha value is -1.69. The van der Waals surface area contributed by atoms with Crippen molar-refractivity contribution in [1.82, 2.24) is 4.90 Å². The monoisotopic (exact) mass is 375 g/mol. The van der Waals surface area contributed by atoms with Gasteiger partial charge in [-0.2, -0.15) is 0 Å². The molecule has 0 N–H and O–H groups in total. The zero-order valence-corrected chi connectivity index (χ0v) is 15.3. The molecule has 0 spiro atoms. The average molecular weight is 376 g/mol. The van der Waals surface area contributed by atoms with Crippen LogP contribution >= 0.6 is 34.7 Å². The Morgan fingerprint density at radius 3 is 3.00 bits per heavy atom. The molecule has 3 aromatic rings. The molecule has 0 unspecified atom stereocenters. The van der Waals surface area contributed by atoms with Crippen molar-refractivity contribution in [3.05, 3.63) is 63.9 Å². The molecule has 0 fully saturated rings. The molecule has 3 heterocycles. The van der Waals surface area contributed by atoms with Gasteiger partial charge in [0.25, 0.3) is 5.91 Å². The van der Waals surface area contributed by atoms with E-state index in [0.717, 1.165) is 21.4 Å². The van der Waals surface area contributed by atoms with Gasteiger partial charge in [-0.1, -0.05) is 17.7 Å². The molecule has 0 radical (unpaired) electrons. The summed E-state index contributed by atoms with van der Waals surface area (Å²) in [6.07, 6.45) is 1.62. The summed E-state index contributed by atoms with van der Waals surface area (Å²) in [4.78, 5) is 17.5. The molecule has 1 amide bonds. The average Bonchev–Trinajstić information content (AvgIpc) is 3.22. The molecule has 1 aliphatic heterocycles. The van der Waals surface area contributed by atoms with Gasteiger partial charge in [-0.05, 0) is 35.9 Å². The molecule has 1 aliphatic rings. The van der Waals surface area contributed by atoms with Gasteiger partial charge in [0.05, 0.1) is 17.7 Å². The van der Waals surface area contributed by atoms with Crippen LogP contribution in [0.5, 0.6) is 0 Å². The van der Waals surface area contributed by atoms with Crippen LogP contribution in [0.15, 0.2) is 52.0 Å². The lowest BCUT2D eigenvalue weighted by atomic mass is 10.1. The highest BCUT2D eigenvalue weighted by atomic mass is 35.5. The molecule has 4 rings (SSSR count). The van der Waals surface area contributed by atoms with Gasteiger partial charge in [-0.25, -0.2) is 0 Å². The molecule has 24 heavy (non-hydrogen) atoms. The summed E-state index contributed by atoms with van der Waals surface area (Å²) >= 11 is 9.41. The van der Waals surface area contributed by atoms with Gasteiger partial charge < -0.3 is 9.32 Å². The summed E-state index contributed by atoms with van der Waals surface area (Å²) in [6, 6.07) is 11.7. The van der Waals surface area contributed by atoms with Crippen molar-refractivity contribution < 1.29 is 9.21 Å². The lowest BCUT2D eigenvalue weighted by Gasteiger charge is -2.15. The van der Waals surface area contributed by atoms with Crippen molar-refractivity contribution in [1.29, 1.82) is 0 Å². The first kappa shape index (κ1) is 15.8. The summed E-state index contributed by atoms with van der Waals surface area (Å²) in [7, 11) is 1.80. The number of hydrogen-bond acceptors (Lipinski definition) is 4. The maximum absolute atomic E-state index is 12.7. The number of halogens is 1. The van der Waals surface area contributed by atoms with E-state index in [1.807, 2.05) is 36.4 Å². The van der Waals surface area contributed by atoms with Crippen LogP contribution in [0.4, 0.5) is 0 Å². The van der Waals surface area contributed by atoms with Crippen molar-refractivity contribution in [3.63, 3.8) is 0 Å². The van der Waals surface area contributed by atoms with E-state index >= 15 is 0 Å². The fourth-order valence-corrected chi connectivity index (χ4v) is 5.41. The standard InChI is InChI=1S/C18H14ClNO2S2/c1-20(9-13-3-2-6-22-13)18(21)16-7-11-10-23-15-8-12(19)4-5-14(15)17(11)24-16/h2-8H,9-10H2,1H3. The lowest BCUT2D eigenvalue weighted by molar-refractivity contribution is 0.0780. The van der Waals surface area contributed by atoms with Crippen molar-refractivity contribution in [2.75, 3.05) is 7.05 Å². The van der Waals surface area contributed by atoms with Crippen LogP contribution in [0.3, 0.4) is 0 Å². The first-order chi connectivity index (χ1) is 11.6. The number of amides is 1. The first-order valence-corrected chi connectivity index (χ1v) is 9.63.